The van der Waals surface area contributed by atoms with Gasteiger partial charge < -0.3 is 19.5 Å². The standard InChI is InChI=1S/C32H32BrFN2O3/c1-31(28-19-25(33)13-18-29(28)34)21-35-20-30(39-31)36-32(22-7-5-4-6-8-22,23-9-14-26(37-2)15-10-23)24-11-16-27(38-3)17-12-24/h4-19,30,35-36H,20-21H2,1-3H3. The van der Waals surface area contributed by atoms with Gasteiger partial charge in [0.15, 0.2) is 0 Å². The zero-order valence-corrected chi connectivity index (χ0v) is 23.8. The zero-order chi connectivity index (χ0) is 27.5. The van der Waals surface area contributed by atoms with E-state index in [9.17, 15) is 0 Å². The fraction of sp³-hybridized carbons (Fsp3) is 0.250. The highest BCUT2D eigenvalue weighted by Gasteiger charge is 2.43. The second-order valence-corrected chi connectivity index (χ2v) is 10.7. The van der Waals surface area contributed by atoms with Gasteiger partial charge in [0, 0.05) is 23.1 Å². The van der Waals surface area contributed by atoms with E-state index >= 15 is 4.39 Å². The summed E-state index contributed by atoms with van der Waals surface area (Å²) in [6.45, 7) is 2.93. The van der Waals surface area contributed by atoms with Crippen LogP contribution in [0.3, 0.4) is 0 Å². The smallest absolute Gasteiger partial charge is 0.129 e. The van der Waals surface area contributed by atoms with Crippen molar-refractivity contribution in [1.29, 1.82) is 0 Å². The predicted octanol–water partition coefficient (Wildman–Crippen LogP) is 6.35. The second kappa shape index (κ2) is 11.5. The largest absolute Gasteiger partial charge is 0.497 e. The van der Waals surface area contributed by atoms with Crippen molar-refractivity contribution in [2.24, 2.45) is 0 Å². The average Bonchev–Trinajstić information content (AvgIpc) is 2.98. The number of rotatable bonds is 8. The molecule has 1 aliphatic rings. The first-order valence-corrected chi connectivity index (χ1v) is 13.6. The average molecular weight is 592 g/mol. The molecule has 0 aliphatic carbocycles. The first-order valence-electron chi connectivity index (χ1n) is 12.8. The Labute approximate surface area is 237 Å². The van der Waals surface area contributed by atoms with Crippen LogP contribution in [0.5, 0.6) is 11.5 Å². The molecule has 5 nitrogen and oxygen atoms in total. The molecule has 2 N–H and O–H groups in total. The molecular formula is C32H32BrFN2O3. The third kappa shape index (κ3) is 5.45. The molecule has 4 aromatic carbocycles. The van der Waals surface area contributed by atoms with Crippen LogP contribution in [0.25, 0.3) is 0 Å². The fourth-order valence-electron chi connectivity index (χ4n) is 5.34. The molecule has 5 rings (SSSR count). The van der Waals surface area contributed by atoms with Crippen molar-refractivity contribution in [3.05, 3.63) is 130 Å². The van der Waals surface area contributed by atoms with Crippen LogP contribution in [0.1, 0.15) is 29.2 Å². The van der Waals surface area contributed by atoms with Crippen LogP contribution in [0, 0.1) is 5.82 Å². The van der Waals surface area contributed by atoms with Crippen molar-refractivity contribution in [2.75, 3.05) is 27.3 Å². The highest BCUT2D eigenvalue weighted by atomic mass is 79.9. The van der Waals surface area contributed by atoms with Gasteiger partial charge in [-0.15, -0.1) is 0 Å². The van der Waals surface area contributed by atoms with Crippen molar-refractivity contribution >= 4 is 15.9 Å². The Morgan fingerprint density at radius 3 is 2.00 bits per heavy atom. The highest BCUT2D eigenvalue weighted by Crippen LogP contribution is 2.40. The Morgan fingerprint density at radius 2 is 1.44 bits per heavy atom. The van der Waals surface area contributed by atoms with Gasteiger partial charge in [0.2, 0.25) is 0 Å². The molecule has 7 heteroatoms. The minimum Gasteiger partial charge on any atom is -0.497 e. The van der Waals surface area contributed by atoms with Crippen molar-refractivity contribution in [1.82, 2.24) is 10.6 Å². The molecule has 1 saturated heterocycles. The molecule has 0 amide bonds. The minimum atomic E-state index is -0.897. The third-order valence-corrected chi connectivity index (χ3v) is 7.82. The van der Waals surface area contributed by atoms with Gasteiger partial charge >= 0.3 is 0 Å². The van der Waals surface area contributed by atoms with E-state index in [4.69, 9.17) is 14.2 Å². The summed E-state index contributed by atoms with van der Waals surface area (Å²) in [6.07, 6.45) is -0.466. The molecule has 202 valence electrons. The number of morpholine rings is 1. The molecule has 2 unspecified atom stereocenters. The number of halogens is 2. The summed E-state index contributed by atoms with van der Waals surface area (Å²) in [5, 5.41) is 7.33. The summed E-state index contributed by atoms with van der Waals surface area (Å²) < 4.78 is 33.5. The maximum absolute atomic E-state index is 15.0. The Hall–Kier alpha value is -3.23. The molecule has 1 fully saturated rings. The normalized spacial score (nSPS) is 19.5. The fourth-order valence-corrected chi connectivity index (χ4v) is 5.70. The van der Waals surface area contributed by atoms with E-state index in [2.05, 4.69) is 63.0 Å². The summed E-state index contributed by atoms with van der Waals surface area (Å²) in [4.78, 5) is 0. The van der Waals surface area contributed by atoms with Gasteiger partial charge in [-0.05, 0) is 66.1 Å². The summed E-state index contributed by atoms with van der Waals surface area (Å²) in [5.41, 5.74) is 1.83. The first kappa shape index (κ1) is 27.3. The summed E-state index contributed by atoms with van der Waals surface area (Å²) in [6, 6.07) is 31.3. The number of hydrogen-bond acceptors (Lipinski definition) is 5. The molecular weight excluding hydrogens is 559 g/mol. The monoisotopic (exact) mass is 590 g/mol. The van der Waals surface area contributed by atoms with Gasteiger partial charge in [-0.1, -0.05) is 70.5 Å². The van der Waals surface area contributed by atoms with Gasteiger partial charge in [-0.2, -0.15) is 0 Å². The number of benzene rings is 4. The van der Waals surface area contributed by atoms with E-state index in [0.29, 0.717) is 18.7 Å². The number of methoxy groups -OCH3 is 2. The first-order chi connectivity index (χ1) is 18.9. The molecule has 39 heavy (non-hydrogen) atoms. The Balaban J connectivity index is 1.64. The van der Waals surface area contributed by atoms with Gasteiger partial charge in [0.05, 0.1) is 19.8 Å². The Kier molecular flexibility index (Phi) is 8.05. The van der Waals surface area contributed by atoms with E-state index in [-0.39, 0.29) is 5.82 Å². The van der Waals surface area contributed by atoms with E-state index in [1.54, 1.807) is 26.4 Å². The van der Waals surface area contributed by atoms with Crippen LogP contribution in [0.2, 0.25) is 0 Å². The molecule has 0 radical (unpaired) electrons. The van der Waals surface area contributed by atoms with E-state index in [1.165, 1.54) is 6.07 Å². The number of ether oxygens (including phenoxy) is 3. The molecule has 0 bridgehead atoms. The van der Waals surface area contributed by atoms with Crippen LogP contribution in [-0.2, 0) is 15.9 Å². The predicted molar refractivity (Wildman–Crippen MR) is 155 cm³/mol. The SMILES string of the molecule is COc1ccc(C(NC2CNCC(C)(c3cc(Br)ccc3F)O2)(c2ccccc2)c2ccc(OC)cc2)cc1. The highest BCUT2D eigenvalue weighted by molar-refractivity contribution is 9.10. The van der Waals surface area contributed by atoms with Crippen molar-refractivity contribution < 1.29 is 18.6 Å². The Morgan fingerprint density at radius 1 is 0.872 bits per heavy atom. The molecule has 2 atom stereocenters. The maximum Gasteiger partial charge on any atom is 0.129 e. The van der Waals surface area contributed by atoms with Crippen LogP contribution < -0.4 is 20.1 Å². The molecule has 1 aliphatic heterocycles. The lowest BCUT2D eigenvalue weighted by Gasteiger charge is -2.45. The topological polar surface area (TPSA) is 51.8 Å². The van der Waals surface area contributed by atoms with E-state index in [1.807, 2.05) is 49.4 Å². The van der Waals surface area contributed by atoms with Crippen molar-refractivity contribution in [3.8, 4) is 11.5 Å². The van der Waals surface area contributed by atoms with Crippen LogP contribution in [0.4, 0.5) is 4.39 Å². The van der Waals surface area contributed by atoms with Gasteiger partial charge in [-0.3, -0.25) is 5.32 Å². The van der Waals surface area contributed by atoms with Crippen LogP contribution in [-0.4, -0.2) is 33.5 Å². The lowest BCUT2D eigenvalue weighted by molar-refractivity contribution is -0.130. The van der Waals surface area contributed by atoms with Crippen molar-refractivity contribution in [2.45, 2.75) is 24.3 Å². The number of nitrogens with one attached hydrogen (secondary N) is 2. The van der Waals surface area contributed by atoms with E-state index < -0.39 is 17.4 Å². The zero-order valence-electron chi connectivity index (χ0n) is 22.2. The molecule has 4 aromatic rings. The molecule has 0 saturated carbocycles. The summed E-state index contributed by atoms with van der Waals surface area (Å²) in [7, 11) is 3.31. The summed E-state index contributed by atoms with van der Waals surface area (Å²) >= 11 is 3.49. The van der Waals surface area contributed by atoms with Gasteiger partial charge in [0.1, 0.15) is 29.1 Å². The molecule has 1 heterocycles. The van der Waals surface area contributed by atoms with Crippen LogP contribution in [0.15, 0.2) is 102 Å². The molecule has 0 spiro atoms. The molecule has 0 aromatic heterocycles. The Bertz CT molecular complexity index is 1350. The quantitative estimate of drug-likeness (QED) is 0.234. The lowest BCUT2D eigenvalue weighted by Crippen LogP contribution is -2.60. The lowest BCUT2D eigenvalue weighted by atomic mass is 9.76. The van der Waals surface area contributed by atoms with Gasteiger partial charge in [0.25, 0.3) is 0 Å². The minimum absolute atomic E-state index is 0.303. The van der Waals surface area contributed by atoms with E-state index in [0.717, 1.165) is 32.7 Å². The number of hydrogen-bond donors (Lipinski definition) is 2. The van der Waals surface area contributed by atoms with Crippen LogP contribution >= 0.6 is 15.9 Å². The second-order valence-electron chi connectivity index (χ2n) is 9.81. The third-order valence-electron chi connectivity index (χ3n) is 7.32. The maximum atomic E-state index is 15.0. The summed E-state index contributed by atoms with van der Waals surface area (Å²) in [5.74, 6) is 1.23. The van der Waals surface area contributed by atoms with Crippen molar-refractivity contribution in [3.63, 3.8) is 0 Å². The van der Waals surface area contributed by atoms with Gasteiger partial charge in [-0.25, -0.2) is 4.39 Å².